The Morgan fingerprint density at radius 3 is 2.75 bits per heavy atom. The first kappa shape index (κ1) is 14.1. The Morgan fingerprint density at radius 2 is 2.15 bits per heavy atom. The number of nitrogens with zero attached hydrogens (tertiary/aromatic N) is 4. The molecular formula is C13H18N6O. The topological polar surface area (TPSA) is 98.7 Å². The Bertz CT molecular complexity index is 566. The van der Waals surface area contributed by atoms with Gasteiger partial charge in [0.05, 0.1) is 17.3 Å². The van der Waals surface area contributed by atoms with Crippen molar-refractivity contribution < 1.29 is 4.79 Å². The van der Waals surface area contributed by atoms with Crippen LogP contribution in [0.25, 0.3) is 5.69 Å². The first-order chi connectivity index (χ1) is 9.63. The van der Waals surface area contributed by atoms with E-state index in [4.69, 9.17) is 5.73 Å². The summed E-state index contributed by atoms with van der Waals surface area (Å²) >= 11 is 0. The Balaban J connectivity index is 2.24. The van der Waals surface area contributed by atoms with Gasteiger partial charge in [-0.3, -0.25) is 4.79 Å². The molecule has 0 aliphatic heterocycles. The summed E-state index contributed by atoms with van der Waals surface area (Å²) in [5.41, 5.74) is 7.03. The summed E-state index contributed by atoms with van der Waals surface area (Å²) in [6, 6.07) is 7.34. The van der Waals surface area contributed by atoms with Crippen LogP contribution in [0.1, 0.15) is 13.8 Å². The van der Waals surface area contributed by atoms with Crippen LogP contribution in [0.15, 0.2) is 30.6 Å². The number of nitrogens with one attached hydrogen (secondary N) is 1. The molecule has 1 aromatic carbocycles. The van der Waals surface area contributed by atoms with E-state index in [-0.39, 0.29) is 17.7 Å². The van der Waals surface area contributed by atoms with Gasteiger partial charge in [0.25, 0.3) is 0 Å². The van der Waals surface area contributed by atoms with E-state index in [9.17, 15) is 4.79 Å². The number of aromatic nitrogens is 4. The molecule has 0 saturated heterocycles. The quantitative estimate of drug-likeness (QED) is 0.841. The summed E-state index contributed by atoms with van der Waals surface area (Å²) in [5.74, 6) is -0.139. The van der Waals surface area contributed by atoms with E-state index in [1.165, 1.54) is 11.0 Å². The molecule has 20 heavy (non-hydrogen) atoms. The van der Waals surface area contributed by atoms with E-state index in [2.05, 4.69) is 20.8 Å². The predicted molar refractivity (Wildman–Crippen MR) is 75.2 cm³/mol. The van der Waals surface area contributed by atoms with Crippen LogP contribution in [-0.2, 0) is 4.79 Å². The molecule has 0 aliphatic carbocycles. The van der Waals surface area contributed by atoms with Gasteiger partial charge in [-0.2, -0.15) is 4.68 Å². The monoisotopic (exact) mass is 274 g/mol. The molecule has 1 heterocycles. The third kappa shape index (κ3) is 3.00. The van der Waals surface area contributed by atoms with Gasteiger partial charge in [0, 0.05) is 6.54 Å². The largest absolute Gasteiger partial charge is 0.330 e. The normalized spacial score (nSPS) is 12.4. The van der Waals surface area contributed by atoms with E-state index in [1.54, 1.807) is 0 Å². The van der Waals surface area contributed by atoms with Gasteiger partial charge in [0.1, 0.15) is 6.33 Å². The van der Waals surface area contributed by atoms with E-state index >= 15 is 0 Å². The number of amides is 1. The molecule has 7 nitrogen and oxygen atoms in total. The Morgan fingerprint density at radius 1 is 1.40 bits per heavy atom. The van der Waals surface area contributed by atoms with Crippen LogP contribution in [0.3, 0.4) is 0 Å². The molecule has 106 valence electrons. The number of benzene rings is 1. The minimum absolute atomic E-state index is 0.0944. The van der Waals surface area contributed by atoms with Crippen molar-refractivity contribution in [3.63, 3.8) is 0 Å². The second kappa shape index (κ2) is 6.25. The Kier molecular flexibility index (Phi) is 4.41. The van der Waals surface area contributed by atoms with Crippen LogP contribution < -0.4 is 11.1 Å². The van der Waals surface area contributed by atoms with Crippen molar-refractivity contribution in [2.24, 2.45) is 17.6 Å². The molecule has 1 unspecified atom stereocenters. The summed E-state index contributed by atoms with van der Waals surface area (Å²) in [6.07, 6.45) is 1.48. The second-order valence-corrected chi connectivity index (χ2v) is 4.85. The van der Waals surface area contributed by atoms with Gasteiger partial charge in [0.15, 0.2) is 0 Å². The molecule has 0 saturated carbocycles. The molecular weight excluding hydrogens is 256 g/mol. The van der Waals surface area contributed by atoms with Gasteiger partial charge in [-0.1, -0.05) is 26.0 Å². The van der Waals surface area contributed by atoms with Crippen LogP contribution in [0, 0.1) is 11.8 Å². The van der Waals surface area contributed by atoms with Crippen LogP contribution in [0.4, 0.5) is 5.69 Å². The number of tetrazole rings is 1. The Labute approximate surface area is 117 Å². The number of carbonyl (C=O) groups excluding carboxylic acids is 1. The number of rotatable bonds is 5. The molecule has 0 bridgehead atoms. The van der Waals surface area contributed by atoms with Crippen LogP contribution in [0.2, 0.25) is 0 Å². The van der Waals surface area contributed by atoms with Crippen molar-refractivity contribution in [3.8, 4) is 5.69 Å². The molecule has 0 fully saturated rings. The third-order valence-electron chi connectivity index (χ3n) is 3.15. The average molecular weight is 274 g/mol. The van der Waals surface area contributed by atoms with Gasteiger partial charge < -0.3 is 11.1 Å². The van der Waals surface area contributed by atoms with Gasteiger partial charge in [-0.05, 0) is 28.5 Å². The molecule has 1 atom stereocenters. The van der Waals surface area contributed by atoms with E-state index in [1.807, 2.05) is 38.1 Å². The lowest BCUT2D eigenvalue weighted by Gasteiger charge is -2.19. The van der Waals surface area contributed by atoms with E-state index in [0.717, 1.165) is 0 Å². The fourth-order valence-electron chi connectivity index (χ4n) is 1.96. The van der Waals surface area contributed by atoms with Crippen LogP contribution in [-0.4, -0.2) is 32.7 Å². The van der Waals surface area contributed by atoms with Crippen molar-refractivity contribution in [1.29, 1.82) is 0 Å². The number of carbonyl (C=O) groups is 1. The third-order valence-corrected chi connectivity index (χ3v) is 3.15. The SMILES string of the molecule is CC(C)C(CN)C(=O)Nc1ccccc1-n1cnnn1. The lowest BCUT2D eigenvalue weighted by atomic mass is 9.95. The molecule has 0 radical (unpaired) electrons. The van der Waals surface area contributed by atoms with Crippen molar-refractivity contribution in [1.82, 2.24) is 20.2 Å². The number of hydrogen-bond donors (Lipinski definition) is 2. The summed E-state index contributed by atoms with van der Waals surface area (Å²) in [6.45, 7) is 4.27. The van der Waals surface area contributed by atoms with E-state index in [0.29, 0.717) is 17.9 Å². The maximum atomic E-state index is 12.3. The zero-order valence-electron chi connectivity index (χ0n) is 11.5. The summed E-state index contributed by atoms with van der Waals surface area (Å²) < 4.78 is 1.50. The standard InChI is InChI=1S/C13H18N6O/c1-9(2)10(7-14)13(20)16-11-5-3-4-6-12(11)19-8-15-17-18-19/h3-6,8-10H,7,14H2,1-2H3,(H,16,20). The lowest BCUT2D eigenvalue weighted by Crippen LogP contribution is -2.33. The van der Waals surface area contributed by atoms with Crippen molar-refractivity contribution in [3.05, 3.63) is 30.6 Å². The van der Waals surface area contributed by atoms with Crippen molar-refractivity contribution in [2.75, 3.05) is 11.9 Å². The predicted octanol–water partition coefficient (Wildman–Crippen LogP) is 0.832. The minimum atomic E-state index is -0.225. The highest BCUT2D eigenvalue weighted by Crippen LogP contribution is 2.20. The molecule has 3 N–H and O–H groups in total. The first-order valence-electron chi connectivity index (χ1n) is 6.46. The molecule has 0 spiro atoms. The highest BCUT2D eigenvalue weighted by Gasteiger charge is 2.21. The van der Waals surface area contributed by atoms with Crippen LogP contribution >= 0.6 is 0 Å². The second-order valence-electron chi connectivity index (χ2n) is 4.85. The maximum absolute atomic E-state index is 12.3. The summed E-state index contributed by atoms with van der Waals surface area (Å²) in [7, 11) is 0. The number of anilines is 1. The van der Waals surface area contributed by atoms with E-state index < -0.39 is 0 Å². The maximum Gasteiger partial charge on any atom is 0.229 e. The molecule has 7 heteroatoms. The number of para-hydroxylation sites is 2. The number of nitrogens with two attached hydrogens (primary N) is 1. The zero-order valence-corrected chi connectivity index (χ0v) is 11.5. The molecule has 2 rings (SSSR count). The highest BCUT2D eigenvalue weighted by atomic mass is 16.1. The fourth-order valence-corrected chi connectivity index (χ4v) is 1.96. The lowest BCUT2D eigenvalue weighted by molar-refractivity contribution is -0.120. The fraction of sp³-hybridized carbons (Fsp3) is 0.385. The molecule has 0 aliphatic rings. The molecule has 2 aromatic rings. The smallest absolute Gasteiger partial charge is 0.229 e. The summed E-state index contributed by atoms with van der Waals surface area (Å²) in [5, 5.41) is 13.9. The summed E-state index contributed by atoms with van der Waals surface area (Å²) in [4.78, 5) is 12.3. The molecule has 1 amide bonds. The van der Waals surface area contributed by atoms with Crippen LogP contribution in [0.5, 0.6) is 0 Å². The first-order valence-corrected chi connectivity index (χ1v) is 6.46. The van der Waals surface area contributed by atoms with Gasteiger partial charge in [0.2, 0.25) is 5.91 Å². The number of hydrogen-bond acceptors (Lipinski definition) is 5. The van der Waals surface area contributed by atoms with Gasteiger partial charge in [-0.15, -0.1) is 5.10 Å². The van der Waals surface area contributed by atoms with Gasteiger partial charge >= 0.3 is 0 Å². The average Bonchev–Trinajstić information content (AvgIpc) is 2.93. The van der Waals surface area contributed by atoms with Crippen molar-refractivity contribution in [2.45, 2.75) is 13.8 Å². The Hall–Kier alpha value is -2.28. The van der Waals surface area contributed by atoms with Crippen molar-refractivity contribution >= 4 is 11.6 Å². The minimum Gasteiger partial charge on any atom is -0.330 e. The zero-order chi connectivity index (χ0) is 14.5. The highest BCUT2D eigenvalue weighted by molar-refractivity contribution is 5.94. The van der Waals surface area contributed by atoms with Gasteiger partial charge in [-0.25, -0.2) is 0 Å². The molecule has 1 aromatic heterocycles.